The van der Waals surface area contributed by atoms with Crippen LogP contribution < -0.4 is 10.6 Å². The van der Waals surface area contributed by atoms with Crippen molar-refractivity contribution in [1.82, 2.24) is 20.4 Å². The summed E-state index contributed by atoms with van der Waals surface area (Å²) in [6, 6.07) is 10.0. The van der Waals surface area contributed by atoms with Crippen LogP contribution >= 0.6 is 0 Å². The summed E-state index contributed by atoms with van der Waals surface area (Å²) < 4.78 is 5.78. The molecule has 5 rings (SSSR count). The van der Waals surface area contributed by atoms with Crippen LogP contribution in [0.2, 0.25) is 0 Å². The summed E-state index contributed by atoms with van der Waals surface area (Å²) in [5, 5.41) is 21.6. The lowest BCUT2D eigenvalue weighted by Gasteiger charge is -2.20. The third kappa shape index (κ3) is 3.19. The van der Waals surface area contributed by atoms with Crippen LogP contribution in [-0.2, 0) is 0 Å². The molecule has 152 valence electrons. The van der Waals surface area contributed by atoms with Crippen LogP contribution in [0.3, 0.4) is 0 Å². The maximum absolute atomic E-state index is 9.23. The molecular formula is C23H24N6O. The van der Waals surface area contributed by atoms with Crippen molar-refractivity contribution >= 4 is 16.6 Å². The van der Waals surface area contributed by atoms with E-state index >= 15 is 0 Å². The Labute approximate surface area is 174 Å². The Morgan fingerprint density at radius 2 is 2.20 bits per heavy atom. The molecule has 0 amide bonds. The van der Waals surface area contributed by atoms with E-state index in [1.807, 2.05) is 24.4 Å². The smallest absolute Gasteiger partial charge is 0.170 e. The first-order chi connectivity index (χ1) is 14.6. The lowest BCUT2D eigenvalue weighted by Crippen LogP contribution is -2.28. The van der Waals surface area contributed by atoms with Crippen LogP contribution in [0.4, 0.5) is 5.69 Å². The minimum atomic E-state index is 0.216. The maximum Gasteiger partial charge on any atom is 0.170 e. The number of H-pyrrole nitrogens is 1. The van der Waals surface area contributed by atoms with E-state index in [1.54, 1.807) is 0 Å². The number of anilines is 1. The van der Waals surface area contributed by atoms with Crippen LogP contribution in [0.15, 0.2) is 35.0 Å². The lowest BCUT2D eigenvalue weighted by atomic mass is 9.95. The molecule has 7 nitrogen and oxygen atoms in total. The zero-order valence-electron chi connectivity index (χ0n) is 17.1. The highest BCUT2D eigenvalue weighted by Gasteiger charge is 2.25. The predicted octanol–water partition coefficient (Wildman–Crippen LogP) is 4.48. The molecule has 0 radical (unpaired) electrons. The van der Waals surface area contributed by atoms with Crippen LogP contribution in [0.1, 0.15) is 43.9 Å². The van der Waals surface area contributed by atoms with E-state index in [4.69, 9.17) is 9.51 Å². The zero-order valence-corrected chi connectivity index (χ0v) is 17.1. The topological polar surface area (TPSA) is 103 Å². The van der Waals surface area contributed by atoms with Gasteiger partial charge in [0.25, 0.3) is 0 Å². The number of piperidine rings is 1. The largest absolute Gasteiger partial charge is 0.380 e. The van der Waals surface area contributed by atoms with Gasteiger partial charge in [0.05, 0.1) is 39.8 Å². The SMILES string of the molecule is CC(C)Nc1c(-c2cc(C3CCCNC3)no2)c[nH]c2c3ccc(C#N)cc3nc1-2. The van der Waals surface area contributed by atoms with E-state index in [9.17, 15) is 5.26 Å². The normalized spacial score (nSPS) is 16.9. The van der Waals surface area contributed by atoms with Gasteiger partial charge in [0, 0.05) is 36.2 Å². The number of benzene rings is 1. The maximum atomic E-state index is 9.23. The van der Waals surface area contributed by atoms with Gasteiger partial charge in [0.2, 0.25) is 0 Å². The van der Waals surface area contributed by atoms with Crippen molar-refractivity contribution in [1.29, 1.82) is 5.26 Å². The Morgan fingerprint density at radius 3 is 2.97 bits per heavy atom. The van der Waals surface area contributed by atoms with Gasteiger partial charge in [0.15, 0.2) is 5.76 Å². The Hall–Kier alpha value is -3.37. The Balaban J connectivity index is 1.64. The molecule has 1 aromatic carbocycles. The molecular weight excluding hydrogens is 376 g/mol. The van der Waals surface area contributed by atoms with E-state index < -0.39 is 0 Å². The molecule has 0 aliphatic carbocycles. The van der Waals surface area contributed by atoms with Crippen LogP contribution in [0.5, 0.6) is 0 Å². The molecule has 3 aliphatic rings. The van der Waals surface area contributed by atoms with Gasteiger partial charge in [-0.15, -0.1) is 0 Å². The van der Waals surface area contributed by atoms with Gasteiger partial charge in [-0.25, -0.2) is 4.98 Å². The number of aromatic nitrogens is 3. The summed E-state index contributed by atoms with van der Waals surface area (Å²) in [5.74, 6) is 1.11. The Morgan fingerprint density at radius 1 is 1.30 bits per heavy atom. The molecule has 30 heavy (non-hydrogen) atoms. The monoisotopic (exact) mass is 400 g/mol. The average molecular weight is 400 g/mol. The molecule has 3 N–H and O–H groups in total. The van der Waals surface area contributed by atoms with Gasteiger partial charge < -0.3 is 20.1 Å². The second-order valence-corrected chi connectivity index (χ2v) is 8.21. The molecule has 0 spiro atoms. The number of nitrogens with one attached hydrogen (secondary N) is 3. The number of nitrogens with zero attached hydrogens (tertiary/aromatic N) is 3. The molecule has 1 unspecified atom stereocenters. The molecule has 2 aromatic rings. The molecule has 1 atom stereocenters. The molecule has 4 heterocycles. The number of fused-ring (bicyclic) bond motifs is 3. The second kappa shape index (κ2) is 7.47. The summed E-state index contributed by atoms with van der Waals surface area (Å²) in [6.07, 6.45) is 4.23. The Bertz CT molecular complexity index is 1210. The van der Waals surface area contributed by atoms with E-state index in [0.717, 1.165) is 70.9 Å². The molecule has 1 saturated heterocycles. The lowest BCUT2D eigenvalue weighted by molar-refractivity contribution is 0.393. The number of nitriles is 1. The van der Waals surface area contributed by atoms with Gasteiger partial charge in [-0.2, -0.15) is 5.26 Å². The first-order valence-electron chi connectivity index (χ1n) is 10.4. The minimum Gasteiger partial charge on any atom is -0.380 e. The fraction of sp³-hybridized carbons (Fsp3) is 0.348. The van der Waals surface area contributed by atoms with Crippen molar-refractivity contribution in [3.05, 3.63) is 41.7 Å². The van der Waals surface area contributed by atoms with E-state index in [1.165, 1.54) is 0 Å². The van der Waals surface area contributed by atoms with Gasteiger partial charge in [-0.1, -0.05) is 5.16 Å². The van der Waals surface area contributed by atoms with Crippen LogP contribution in [-0.4, -0.2) is 34.3 Å². The fourth-order valence-electron chi connectivity index (χ4n) is 4.22. The summed E-state index contributed by atoms with van der Waals surface area (Å²) >= 11 is 0. The van der Waals surface area contributed by atoms with Crippen LogP contribution in [0.25, 0.3) is 33.6 Å². The second-order valence-electron chi connectivity index (χ2n) is 8.21. The van der Waals surface area contributed by atoms with Gasteiger partial charge in [0.1, 0.15) is 5.69 Å². The highest BCUT2D eigenvalue weighted by Crippen LogP contribution is 2.41. The van der Waals surface area contributed by atoms with Gasteiger partial charge in [-0.3, -0.25) is 0 Å². The van der Waals surface area contributed by atoms with Crippen molar-refractivity contribution in [3.63, 3.8) is 0 Å². The highest BCUT2D eigenvalue weighted by molar-refractivity contribution is 6.02. The quantitative estimate of drug-likeness (QED) is 0.467. The number of hydrogen-bond acceptors (Lipinski definition) is 6. The summed E-state index contributed by atoms with van der Waals surface area (Å²) in [6.45, 7) is 6.20. The molecule has 1 fully saturated rings. The first kappa shape index (κ1) is 18.6. The number of rotatable bonds is 4. The van der Waals surface area contributed by atoms with E-state index in [0.29, 0.717) is 11.5 Å². The first-order valence-corrected chi connectivity index (χ1v) is 10.4. The number of aromatic amines is 1. The van der Waals surface area contributed by atoms with E-state index in [-0.39, 0.29) is 6.04 Å². The number of pyridine rings is 1. The van der Waals surface area contributed by atoms with Crippen molar-refractivity contribution in [2.24, 2.45) is 0 Å². The molecule has 0 saturated carbocycles. The van der Waals surface area contributed by atoms with Gasteiger partial charge in [-0.05, 0) is 51.4 Å². The van der Waals surface area contributed by atoms with Crippen molar-refractivity contribution < 1.29 is 4.52 Å². The summed E-state index contributed by atoms with van der Waals surface area (Å²) in [7, 11) is 0. The van der Waals surface area contributed by atoms with Gasteiger partial charge >= 0.3 is 0 Å². The third-order valence-corrected chi connectivity index (χ3v) is 5.67. The van der Waals surface area contributed by atoms with Crippen molar-refractivity contribution in [2.45, 2.75) is 38.6 Å². The van der Waals surface area contributed by atoms with Crippen molar-refractivity contribution in [3.8, 4) is 28.8 Å². The zero-order chi connectivity index (χ0) is 20.7. The molecule has 7 heteroatoms. The van der Waals surface area contributed by atoms with Crippen LogP contribution in [0, 0.1) is 11.3 Å². The standard InChI is InChI=1S/C23H24N6O/c1-13(2)27-22-17(20-9-18(29-30-20)15-4-3-7-25-11-15)12-26-21-16-6-5-14(10-24)8-19(16)28-23(21)22/h5-6,8-9,12-13,15,25-27H,3-4,7,11H2,1-2H3. The molecule has 0 bridgehead atoms. The predicted molar refractivity (Wildman–Crippen MR) is 117 cm³/mol. The molecule has 3 aliphatic heterocycles. The average Bonchev–Trinajstić information content (AvgIpc) is 3.39. The minimum absolute atomic E-state index is 0.216. The fourth-order valence-corrected chi connectivity index (χ4v) is 4.22. The van der Waals surface area contributed by atoms with Crippen molar-refractivity contribution in [2.75, 3.05) is 18.4 Å². The Kier molecular flexibility index (Phi) is 4.64. The third-order valence-electron chi connectivity index (χ3n) is 5.67. The summed E-state index contributed by atoms with van der Waals surface area (Å²) in [4.78, 5) is 8.24. The highest BCUT2D eigenvalue weighted by atomic mass is 16.5. The molecule has 1 aromatic heterocycles. The van der Waals surface area contributed by atoms with E-state index in [2.05, 4.69) is 46.8 Å². The summed E-state index contributed by atoms with van der Waals surface area (Å²) in [5.41, 5.74) is 5.99. The number of hydrogen-bond donors (Lipinski definition) is 3.